The molecule has 0 saturated heterocycles. The van der Waals surface area contributed by atoms with Crippen LogP contribution in [-0.2, 0) is 6.54 Å². The van der Waals surface area contributed by atoms with Gasteiger partial charge >= 0.3 is 0 Å². The third-order valence-electron chi connectivity index (χ3n) is 4.33. The molecule has 0 aliphatic rings. The van der Waals surface area contributed by atoms with Crippen LogP contribution in [0, 0.1) is 20.8 Å². The van der Waals surface area contributed by atoms with Crippen LogP contribution in [0.2, 0.25) is 0 Å². The standard InChI is InChI=1S/C22H25N3O2/c1-16-4-10-21(11-5-16)27-13-12-23-22(26)20-8-6-19(7-9-20)15-25-18(3)14-17(2)24-25/h4-11,14H,12-13,15H2,1-3H3,(H,23,26). The van der Waals surface area contributed by atoms with E-state index in [4.69, 9.17) is 4.74 Å². The van der Waals surface area contributed by atoms with Crippen LogP contribution < -0.4 is 10.1 Å². The van der Waals surface area contributed by atoms with Gasteiger partial charge in [0, 0.05) is 11.3 Å². The van der Waals surface area contributed by atoms with Gasteiger partial charge in [0.15, 0.2) is 0 Å². The zero-order chi connectivity index (χ0) is 19.2. The van der Waals surface area contributed by atoms with Crippen LogP contribution in [0.1, 0.15) is 32.9 Å². The van der Waals surface area contributed by atoms with Crippen molar-refractivity contribution in [1.82, 2.24) is 15.1 Å². The Kier molecular flexibility index (Phi) is 5.91. The summed E-state index contributed by atoms with van der Waals surface area (Å²) in [7, 11) is 0. The van der Waals surface area contributed by atoms with E-state index < -0.39 is 0 Å². The first-order valence-corrected chi connectivity index (χ1v) is 9.09. The van der Waals surface area contributed by atoms with Gasteiger partial charge in [-0.15, -0.1) is 0 Å². The maximum atomic E-state index is 12.2. The summed E-state index contributed by atoms with van der Waals surface area (Å²) < 4.78 is 7.59. The summed E-state index contributed by atoms with van der Waals surface area (Å²) in [5.41, 5.74) is 5.08. The van der Waals surface area contributed by atoms with Crippen LogP contribution >= 0.6 is 0 Å². The maximum absolute atomic E-state index is 12.2. The third-order valence-corrected chi connectivity index (χ3v) is 4.33. The molecule has 1 heterocycles. The summed E-state index contributed by atoms with van der Waals surface area (Å²) in [4.78, 5) is 12.2. The quantitative estimate of drug-likeness (QED) is 0.652. The van der Waals surface area contributed by atoms with Crippen molar-refractivity contribution in [3.8, 4) is 5.75 Å². The van der Waals surface area contributed by atoms with Crippen molar-refractivity contribution in [2.75, 3.05) is 13.2 Å². The zero-order valence-corrected chi connectivity index (χ0v) is 16.0. The first-order chi connectivity index (χ1) is 13.0. The number of aryl methyl sites for hydroxylation is 3. The van der Waals surface area contributed by atoms with Crippen molar-refractivity contribution < 1.29 is 9.53 Å². The molecule has 140 valence electrons. The minimum atomic E-state index is -0.0971. The highest BCUT2D eigenvalue weighted by Crippen LogP contribution is 2.11. The predicted molar refractivity (Wildman–Crippen MR) is 106 cm³/mol. The molecule has 27 heavy (non-hydrogen) atoms. The number of benzene rings is 2. The molecule has 0 aliphatic heterocycles. The van der Waals surface area contributed by atoms with Crippen LogP contribution in [0.5, 0.6) is 5.75 Å². The van der Waals surface area contributed by atoms with Gasteiger partial charge in [0.1, 0.15) is 12.4 Å². The van der Waals surface area contributed by atoms with Gasteiger partial charge in [-0.3, -0.25) is 9.48 Å². The van der Waals surface area contributed by atoms with Crippen molar-refractivity contribution in [3.05, 3.63) is 82.7 Å². The van der Waals surface area contributed by atoms with Gasteiger partial charge in [-0.2, -0.15) is 5.10 Å². The molecule has 5 heteroatoms. The van der Waals surface area contributed by atoms with E-state index in [1.165, 1.54) is 5.56 Å². The average molecular weight is 363 g/mol. The van der Waals surface area contributed by atoms with Crippen LogP contribution in [-0.4, -0.2) is 28.8 Å². The molecular formula is C22H25N3O2. The monoisotopic (exact) mass is 363 g/mol. The average Bonchev–Trinajstić information content (AvgIpc) is 2.97. The Morgan fingerprint density at radius 2 is 1.74 bits per heavy atom. The Bertz CT molecular complexity index is 896. The summed E-state index contributed by atoms with van der Waals surface area (Å²) in [6.45, 7) is 7.66. The molecule has 0 radical (unpaired) electrons. The van der Waals surface area contributed by atoms with Crippen LogP contribution in [0.25, 0.3) is 0 Å². The number of rotatable bonds is 7. The number of amides is 1. The topological polar surface area (TPSA) is 56.1 Å². The fourth-order valence-electron chi connectivity index (χ4n) is 2.84. The molecule has 3 aromatic rings. The van der Waals surface area contributed by atoms with E-state index in [9.17, 15) is 4.79 Å². The summed E-state index contributed by atoms with van der Waals surface area (Å²) in [5, 5.41) is 7.35. The van der Waals surface area contributed by atoms with E-state index in [0.29, 0.717) is 25.3 Å². The van der Waals surface area contributed by atoms with Crippen LogP contribution in [0.15, 0.2) is 54.6 Å². The first kappa shape index (κ1) is 18.7. The Morgan fingerprint density at radius 1 is 1.04 bits per heavy atom. The van der Waals surface area contributed by atoms with E-state index >= 15 is 0 Å². The lowest BCUT2D eigenvalue weighted by Gasteiger charge is -2.09. The molecule has 0 bridgehead atoms. The molecule has 1 amide bonds. The number of hydrogen-bond acceptors (Lipinski definition) is 3. The summed E-state index contributed by atoms with van der Waals surface area (Å²) >= 11 is 0. The summed E-state index contributed by atoms with van der Waals surface area (Å²) in [5.74, 6) is 0.712. The SMILES string of the molecule is Cc1ccc(OCCNC(=O)c2ccc(Cn3nc(C)cc3C)cc2)cc1. The van der Waals surface area contributed by atoms with Gasteiger partial charge in [-0.05, 0) is 56.7 Å². The molecular weight excluding hydrogens is 338 g/mol. The molecule has 0 atom stereocenters. The second-order valence-electron chi connectivity index (χ2n) is 6.70. The number of carbonyl (C=O) groups excluding carboxylic acids is 1. The third kappa shape index (κ3) is 5.20. The highest BCUT2D eigenvalue weighted by atomic mass is 16.5. The zero-order valence-electron chi connectivity index (χ0n) is 16.0. The second kappa shape index (κ2) is 8.54. The van der Waals surface area contributed by atoms with Crippen molar-refractivity contribution in [2.45, 2.75) is 27.3 Å². The number of hydrogen-bond donors (Lipinski definition) is 1. The molecule has 0 fully saturated rings. The van der Waals surface area contributed by atoms with Gasteiger partial charge in [0.25, 0.3) is 5.91 Å². The number of nitrogens with zero attached hydrogens (tertiary/aromatic N) is 2. The smallest absolute Gasteiger partial charge is 0.251 e. The number of ether oxygens (including phenoxy) is 1. The van der Waals surface area contributed by atoms with Crippen molar-refractivity contribution in [2.24, 2.45) is 0 Å². The van der Waals surface area contributed by atoms with E-state index in [1.54, 1.807) is 0 Å². The van der Waals surface area contributed by atoms with Crippen LogP contribution in [0.3, 0.4) is 0 Å². The molecule has 0 spiro atoms. The van der Waals surface area contributed by atoms with Crippen molar-refractivity contribution in [1.29, 1.82) is 0 Å². The normalized spacial score (nSPS) is 10.6. The van der Waals surface area contributed by atoms with Gasteiger partial charge in [-0.25, -0.2) is 0 Å². The highest BCUT2D eigenvalue weighted by molar-refractivity contribution is 5.94. The fourth-order valence-corrected chi connectivity index (χ4v) is 2.84. The molecule has 0 aliphatic carbocycles. The van der Waals surface area contributed by atoms with E-state index in [-0.39, 0.29) is 5.91 Å². The Morgan fingerprint density at radius 3 is 2.37 bits per heavy atom. The minimum absolute atomic E-state index is 0.0971. The number of nitrogens with one attached hydrogen (secondary N) is 1. The lowest BCUT2D eigenvalue weighted by molar-refractivity contribution is 0.0947. The minimum Gasteiger partial charge on any atom is -0.492 e. The Balaban J connectivity index is 1.47. The van der Waals surface area contributed by atoms with Gasteiger partial charge in [0.2, 0.25) is 0 Å². The Hall–Kier alpha value is -3.08. The molecule has 0 saturated carbocycles. The maximum Gasteiger partial charge on any atom is 0.251 e. The van der Waals surface area contributed by atoms with Crippen molar-refractivity contribution in [3.63, 3.8) is 0 Å². The first-order valence-electron chi connectivity index (χ1n) is 9.09. The van der Waals surface area contributed by atoms with Gasteiger partial charge in [0.05, 0.1) is 18.8 Å². The molecule has 2 aromatic carbocycles. The predicted octanol–water partition coefficient (Wildman–Crippen LogP) is 3.67. The van der Waals surface area contributed by atoms with Gasteiger partial charge < -0.3 is 10.1 Å². The van der Waals surface area contributed by atoms with E-state index in [2.05, 4.69) is 16.5 Å². The largest absolute Gasteiger partial charge is 0.492 e. The highest BCUT2D eigenvalue weighted by Gasteiger charge is 2.06. The fraction of sp³-hybridized carbons (Fsp3) is 0.273. The summed E-state index contributed by atoms with van der Waals surface area (Å²) in [6.07, 6.45) is 0. The molecule has 0 unspecified atom stereocenters. The molecule has 1 aromatic heterocycles. The van der Waals surface area contributed by atoms with Gasteiger partial charge in [-0.1, -0.05) is 29.8 Å². The second-order valence-corrected chi connectivity index (χ2v) is 6.70. The molecule has 5 nitrogen and oxygen atoms in total. The number of carbonyl (C=O) groups is 1. The molecule has 3 rings (SSSR count). The lowest BCUT2D eigenvalue weighted by Crippen LogP contribution is -2.28. The van der Waals surface area contributed by atoms with Crippen molar-refractivity contribution >= 4 is 5.91 Å². The van der Waals surface area contributed by atoms with Crippen LogP contribution in [0.4, 0.5) is 0 Å². The van der Waals surface area contributed by atoms with E-state index in [0.717, 1.165) is 22.7 Å². The van der Waals surface area contributed by atoms with E-state index in [1.807, 2.05) is 74.0 Å². The lowest BCUT2D eigenvalue weighted by atomic mass is 10.1. The molecule has 1 N–H and O–H groups in total. The Labute approximate surface area is 160 Å². The summed E-state index contributed by atoms with van der Waals surface area (Å²) in [6, 6.07) is 17.5. The number of aromatic nitrogens is 2.